The lowest BCUT2D eigenvalue weighted by Crippen LogP contribution is -2.48. The molecular formula is C22H24N4O2S. The van der Waals surface area contributed by atoms with Crippen molar-refractivity contribution in [3.8, 4) is 16.3 Å². The minimum atomic E-state index is -0.232. The number of ether oxygens (including phenoxy) is 1. The normalized spacial score (nSPS) is 15.4. The van der Waals surface area contributed by atoms with Crippen LogP contribution in [0, 0.1) is 0 Å². The van der Waals surface area contributed by atoms with Gasteiger partial charge in [0.15, 0.2) is 0 Å². The van der Waals surface area contributed by atoms with Crippen LogP contribution >= 0.6 is 11.3 Å². The summed E-state index contributed by atoms with van der Waals surface area (Å²) in [4.78, 5) is 24.0. The summed E-state index contributed by atoms with van der Waals surface area (Å²) < 4.78 is 5.33. The van der Waals surface area contributed by atoms with Gasteiger partial charge in [-0.25, -0.2) is 4.98 Å². The Labute approximate surface area is 174 Å². The number of hydrogen-bond donors (Lipinski definition) is 1. The number of carbonyl (C=O) groups excluding carboxylic acids is 1. The molecule has 1 unspecified atom stereocenters. The van der Waals surface area contributed by atoms with Gasteiger partial charge < -0.3 is 15.0 Å². The van der Waals surface area contributed by atoms with Crippen molar-refractivity contribution in [1.82, 2.24) is 15.3 Å². The van der Waals surface area contributed by atoms with E-state index >= 15 is 0 Å². The average Bonchev–Trinajstić information content (AvgIpc) is 3.30. The van der Waals surface area contributed by atoms with E-state index in [4.69, 9.17) is 9.72 Å². The fourth-order valence-electron chi connectivity index (χ4n) is 3.60. The van der Waals surface area contributed by atoms with Crippen molar-refractivity contribution < 1.29 is 9.53 Å². The van der Waals surface area contributed by atoms with E-state index in [0.717, 1.165) is 32.6 Å². The molecule has 0 bridgehead atoms. The highest BCUT2D eigenvalue weighted by molar-refractivity contribution is 7.19. The van der Waals surface area contributed by atoms with Gasteiger partial charge >= 0.3 is 0 Å². The molecule has 0 radical (unpaired) electrons. The van der Waals surface area contributed by atoms with Crippen LogP contribution in [0.25, 0.3) is 10.6 Å². The molecule has 4 rings (SSSR count). The Kier molecular flexibility index (Phi) is 5.49. The number of methoxy groups -OCH3 is 1. The first kappa shape index (κ1) is 19.4. The van der Waals surface area contributed by atoms with Gasteiger partial charge in [-0.15, -0.1) is 0 Å². The van der Waals surface area contributed by atoms with E-state index < -0.39 is 0 Å². The Bertz CT molecular complexity index is 1000. The van der Waals surface area contributed by atoms with Gasteiger partial charge in [0.2, 0.25) is 5.91 Å². The summed E-state index contributed by atoms with van der Waals surface area (Å²) in [5.74, 6) is 0.843. The first-order chi connectivity index (χ1) is 14.1. The molecule has 1 atom stereocenters. The van der Waals surface area contributed by atoms with E-state index in [2.05, 4.69) is 29.0 Å². The minimum absolute atomic E-state index is 0.0312. The van der Waals surface area contributed by atoms with Crippen molar-refractivity contribution in [2.75, 3.05) is 12.0 Å². The molecule has 1 amide bonds. The number of pyridine rings is 1. The molecule has 7 heteroatoms. The largest absolute Gasteiger partial charge is 0.497 e. The predicted molar refractivity (Wildman–Crippen MR) is 115 cm³/mol. The van der Waals surface area contributed by atoms with Crippen LogP contribution in [0.15, 0.2) is 48.8 Å². The van der Waals surface area contributed by atoms with Crippen LogP contribution in [0.1, 0.15) is 25.1 Å². The lowest BCUT2D eigenvalue weighted by molar-refractivity contribution is -0.122. The van der Waals surface area contributed by atoms with Crippen molar-refractivity contribution in [3.63, 3.8) is 0 Å². The predicted octanol–water partition coefficient (Wildman–Crippen LogP) is 3.67. The van der Waals surface area contributed by atoms with Gasteiger partial charge in [-0.05, 0) is 43.7 Å². The van der Waals surface area contributed by atoms with Crippen LogP contribution in [-0.2, 0) is 17.8 Å². The summed E-state index contributed by atoms with van der Waals surface area (Å²) in [6.07, 6.45) is 4.09. The topological polar surface area (TPSA) is 67.3 Å². The van der Waals surface area contributed by atoms with Gasteiger partial charge in [0.25, 0.3) is 0 Å². The molecule has 1 aliphatic heterocycles. The monoisotopic (exact) mass is 408 g/mol. The lowest BCUT2D eigenvalue weighted by Gasteiger charge is -2.29. The maximum absolute atomic E-state index is 12.9. The molecule has 1 aromatic carbocycles. The Hall–Kier alpha value is -2.93. The molecule has 2 aromatic heterocycles. The maximum atomic E-state index is 12.9. The number of fused-ring (bicyclic) bond motifs is 1. The van der Waals surface area contributed by atoms with Crippen molar-refractivity contribution in [2.45, 2.75) is 38.9 Å². The summed E-state index contributed by atoms with van der Waals surface area (Å²) in [6, 6.07) is 11.7. The smallest absolute Gasteiger partial charge is 0.243 e. The number of rotatable bonds is 6. The molecule has 1 N–H and O–H groups in total. The van der Waals surface area contributed by atoms with Crippen molar-refractivity contribution in [2.24, 2.45) is 0 Å². The Morgan fingerprint density at radius 3 is 2.83 bits per heavy atom. The van der Waals surface area contributed by atoms with Crippen LogP contribution in [0.3, 0.4) is 0 Å². The number of benzene rings is 1. The third-order valence-corrected chi connectivity index (χ3v) is 6.19. The molecule has 1 aliphatic rings. The van der Waals surface area contributed by atoms with Crippen LogP contribution < -0.4 is 15.0 Å². The van der Waals surface area contributed by atoms with Gasteiger partial charge in [0, 0.05) is 37.0 Å². The highest BCUT2D eigenvalue weighted by atomic mass is 32.1. The Balaban J connectivity index is 1.53. The average molecular weight is 409 g/mol. The number of thiazole rings is 1. The number of nitrogens with zero attached hydrogens (tertiary/aromatic N) is 3. The second-order valence-corrected chi connectivity index (χ2v) is 8.27. The summed E-state index contributed by atoms with van der Waals surface area (Å²) in [5.41, 5.74) is 3.06. The van der Waals surface area contributed by atoms with Crippen LogP contribution in [0.5, 0.6) is 5.75 Å². The molecule has 150 valence electrons. The van der Waals surface area contributed by atoms with E-state index in [0.29, 0.717) is 13.0 Å². The summed E-state index contributed by atoms with van der Waals surface area (Å²) >= 11 is 1.64. The summed E-state index contributed by atoms with van der Waals surface area (Å²) in [5, 5.41) is 5.10. The minimum Gasteiger partial charge on any atom is -0.497 e. The third kappa shape index (κ3) is 3.96. The summed E-state index contributed by atoms with van der Waals surface area (Å²) in [7, 11) is 1.66. The zero-order chi connectivity index (χ0) is 20.4. The summed E-state index contributed by atoms with van der Waals surface area (Å²) in [6.45, 7) is 4.73. The van der Waals surface area contributed by atoms with E-state index in [9.17, 15) is 4.79 Å². The molecule has 0 saturated carbocycles. The van der Waals surface area contributed by atoms with Gasteiger partial charge in [0.1, 0.15) is 21.8 Å². The number of carbonyl (C=O) groups is 1. The molecular weight excluding hydrogens is 384 g/mol. The zero-order valence-corrected chi connectivity index (χ0v) is 17.6. The molecule has 3 aromatic rings. The van der Waals surface area contributed by atoms with Crippen LogP contribution in [0.2, 0.25) is 0 Å². The number of nitrogens with one attached hydrogen (secondary N) is 1. The van der Waals surface area contributed by atoms with Crippen molar-refractivity contribution >= 4 is 22.2 Å². The first-order valence-corrected chi connectivity index (χ1v) is 10.5. The molecule has 0 fully saturated rings. The highest BCUT2D eigenvalue weighted by Gasteiger charge is 2.38. The number of hydrogen-bond acceptors (Lipinski definition) is 6. The highest BCUT2D eigenvalue weighted by Crippen LogP contribution is 2.42. The van der Waals surface area contributed by atoms with Gasteiger partial charge in [-0.3, -0.25) is 9.78 Å². The number of aromatic nitrogens is 2. The zero-order valence-electron chi connectivity index (χ0n) is 16.8. The van der Waals surface area contributed by atoms with E-state index in [1.54, 1.807) is 30.8 Å². The molecule has 0 saturated heterocycles. The quantitative estimate of drug-likeness (QED) is 0.674. The molecule has 3 heterocycles. The fourth-order valence-corrected chi connectivity index (χ4v) is 4.88. The second-order valence-electron chi connectivity index (χ2n) is 7.30. The fraction of sp³-hybridized carbons (Fsp3) is 0.318. The first-order valence-electron chi connectivity index (χ1n) is 9.66. The molecule has 0 spiro atoms. The Morgan fingerprint density at radius 1 is 1.31 bits per heavy atom. The van der Waals surface area contributed by atoms with Crippen molar-refractivity contribution in [3.05, 3.63) is 60.0 Å². The van der Waals surface area contributed by atoms with E-state index in [-0.39, 0.29) is 18.0 Å². The maximum Gasteiger partial charge on any atom is 0.243 e. The third-order valence-electron chi connectivity index (χ3n) is 5.03. The van der Waals surface area contributed by atoms with Gasteiger partial charge in [0.05, 0.1) is 12.8 Å². The second kappa shape index (κ2) is 8.21. The van der Waals surface area contributed by atoms with Crippen LogP contribution in [0.4, 0.5) is 5.00 Å². The van der Waals surface area contributed by atoms with E-state index in [1.165, 1.54) is 0 Å². The lowest BCUT2D eigenvalue weighted by atomic mass is 10.1. The molecule has 6 nitrogen and oxygen atoms in total. The molecule has 0 aliphatic carbocycles. The number of anilines is 1. The van der Waals surface area contributed by atoms with E-state index in [1.807, 2.05) is 36.4 Å². The van der Waals surface area contributed by atoms with Crippen LogP contribution in [-0.4, -0.2) is 35.1 Å². The molecule has 29 heavy (non-hydrogen) atoms. The SMILES string of the molecule is COc1cccc(-c2nc3c(s2)N(C(C)C)C(C(=O)NCc2ccncc2)C3)c1. The standard InChI is InChI=1S/C22H24N4O2S/c1-14(2)26-19(20(27)24-13-15-7-9-23-10-8-15)12-18-22(26)29-21(25-18)16-5-4-6-17(11-16)28-3/h4-11,14,19H,12-13H2,1-3H3,(H,24,27). The Morgan fingerprint density at radius 2 is 2.10 bits per heavy atom. The van der Waals surface area contributed by atoms with Gasteiger partial charge in [-0.2, -0.15) is 0 Å². The van der Waals surface area contributed by atoms with Gasteiger partial charge in [-0.1, -0.05) is 23.5 Å². The van der Waals surface area contributed by atoms with Crippen molar-refractivity contribution in [1.29, 1.82) is 0 Å². The number of amides is 1.